The number of esters is 1. The Kier molecular flexibility index (Phi) is 6.03. The van der Waals surface area contributed by atoms with E-state index in [2.05, 4.69) is 0 Å². The minimum atomic E-state index is -3.96. The first-order chi connectivity index (χ1) is 11.9. The number of carbonyl (C=O) groups excluding carboxylic acids is 1. The number of hydrogen-bond donors (Lipinski definition) is 0. The number of sulfonamides is 1. The van der Waals surface area contributed by atoms with Crippen molar-refractivity contribution in [1.29, 1.82) is 0 Å². The average Bonchev–Trinajstić information content (AvgIpc) is 2.62. The van der Waals surface area contributed by atoms with E-state index in [9.17, 15) is 13.2 Å². The van der Waals surface area contributed by atoms with E-state index in [0.29, 0.717) is 11.4 Å². The number of nitrogens with zero attached hydrogens (tertiary/aromatic N) is 1. The summed E-state index contributed by atoms with van der Waals surface area (Å²) >= 11 is 0. The summed E-state index contributed by atoms with van der Waals surface area (Å²) < 4.78 is 37.5. The summed E-state index contributed by atoms with van der Waals surface area (Å²) in [6.45, 7) is 3.36. The van der Waals surface area contributed by atoms with Gasteiger partial charge in [-0.25, -0.2) is 13.2 Å². The molecule has 0 aliphatic rings. The van der Waals surface area contributed by atoms with Gasteiger partial charge in [0.25, 0.3) is 10.0 Å². The van der Waals surface area contributed by atoms with E-state index >= 15 is 0 Å². The van der Waals surface area contributed by atoms with Gasteiger partial charge < -0.3 is 9.47 Å². The highest BCUT2D eigenvalue weighted by atomic mass is 32.2. The minimum absolute atomic E-state index is 0.0632. The quantitative estimate of drug-likeness (QED) is 0.707. The highest BCUT2D eigenvalue weighted by molar-refractivity contribution is 7.92. The van der Waals surface area contributed by atoms with Gasteiger partial charge in [0.2, 0.25) is 0 Å². The van der Waals surface area contributed by atoms with Gasteiger partial charge in [0, 0.05) is 0 Å². The summed E-state index contributed by atoms with van der Waals surface area (Å²) in [4.78, 5) is 12.3. The number of ether oxygens (including phenoxy) is 2. The molecule has 25 heavy (non-hydrogen) atoms. The summed E-state index contributed by atoms with van der Waals surface area (Å²) in [5.41, 5.74) is 0.388. The SMILES string of the molecule is CCOC(=O)[C@H](C)N(c1ccccc1)S(=O)(=O)c1ccc(OC)cc1. The Morgan fingerprint density at radius 3 is 2.20 bits per heavy atom. The summed E-state index contributed by atoms with van der Waals surface area (Å²) in [7, 11) is -2.46. The third kappa shape index (κ3) is 4.11. The molecule has 0 saturated heterocycles. The smallest absolute Gasteiger partial charge is 0.329 e. The molecular weight excluding hydrogens is 342 g/mol. The molecule has 0 amide bonds. The van der Waals surface area contributed by atoms with Crippen molar-refractivity contribution in [2.24, 2.45) is 0 Å². The maximum Gasteiger partial charge on any atom is 0.329 e. The van der Waals surface area contributed by atoms with E-state index in [1.165, 1.54) is 26.2 Å². The zero-order valence-corrected chi connectivity index (χ0v) is 15.2. The Morgan fingerprint density at radius 1 is 1.08 bits per heavy atom. The van der Waals surface area contributed by atoms with Gasteiger partial charge in [0.1, 0.15) is 11.8 Å². The van der Waals surface area contributed by atoms with Crippen molar-refractivity contribution in [3.63, 3.8) is 0 Å². The number of methoxy groups -OCH3 is 1. The first kappa shape index (κ1) is 18.8. The van der Waals surface area contributed by atoms with Crippen molar-refractivity contribution in [2.45, 2.75) is 24.8 Å². The lowest BCUT2D eigenvalue weighted by atomic mass is 10.2. The number of hydrogen-bond acceptors (Lipinski definition) is 5. The van der Waals surface area contributed by atoms with Crippen LogP contribution in [0.3, 0.4) is 0 Å². The second-order valence-electron chi connectivity index (χ2n) is 5.24. The van der Waals surface area contributed by atoms with Gasteiger partial charge in [0.05, 0.1) is 24.3 Å². The monoisotopic (exact) mass is 363 g/mol. The Hall–Kier alpha value is -2.54. The van der Waals surface area contributed by atoms with Gasteiger partial charge in [-0.1, -0.05) is 18.2 Å². The molecule has 0 heterocycles. The molecule has 0 radical (unpaired) electrons. The van der Waals surface area contributed by atoms with Crippen LogP contribution in [0.15, 0.2) is 59.5 Å². The fourth-order valence-electron chi connectivity index (χ4n) is 2.37. The number of para-hydroxylation sites is 1. The van der Waals surface area contributed by atoms with Crippen molar-refractivity contribution >= 4 is 21.7 Å². The van der Waals surface area contributed by atoms with Crippen LogP contribution < -0.4 is 9.04 Å². The van der Waals surface area contributed by atoms with Gasteiger partial charge in [-0.15, -0.1) is 0 Å². The number of benzene rings is 2. The topological polar surface area (TPSA) is 72.9 Å². The molecule has 2 aromatic rings. The average molecular weight is 363 g/mol. The molecule has 2 rings (SSSR count). The van der Waals surface area contributed by atoms with Crippen LogP contribution >= 0.6 is 0 Å². The van der Waals surface area contributed by atoms with Crippen LogP contribution in [0.1, 0.15) is 13.8 Å². The molecule has 0 saturated carbocycles. The van der Waals surface area contributed by atoms with Gasteiger partial charge in [-0.3, -0.25) is 4.31 Å². The minimum Gasteiger partial charge on any atom is -0.497 e. The van der Waals surface area contributed by atoms with Crippen LogP contribution in [0.2, 0.25) is 0 Å². The van der Waals surface area contributed by atoms with Crippen LogP contribution in [0, 0.1) is 0 Å². The molecule has 0 fully saturated rings. The summed E-state index contributed by atoms with van der Waals surface area (Å²) in [6, 6.07) is 13.5. The van der Waals surface area contributed by atoms with Crippen molar-refractivity contribution in [3.05, 3.63) is 54.6 Å². The van der Waals surface area contributed by atoms with Gasteiger partial charge in [-0.05, 0) is 50.2 Å². The maximum atomic E-state index is 13.2. The highest BCUT2D eigenvalue weighted by Gasteiger charge is 2.34. The van der Waals surface area contributed by atoms with Crippen LogP contribution in [0.25, 0.3) is 0 Å². The normalized spacial score (nSPS) is 12.3. The molecule has 0 unspecified atom stereocenters. The molecule has 2 aromatic carbocycles. The Bertz CT molecular complexity index is 803. The summed E-state index contributed by atoms with van der Waals surface area (Å²) in [5, 5.41) is 0. The molecule has 0 aliphatic heterocycles. The highest BCUT2D eigenvalue weighted by Crippen LogP contribution is 2.27. The second-order valence-corrected chi connectivity index (χ2v) is 7.05. The molecule has 0 bridgehead atoms. The largest absolute Gasteiger partial charge is 0.497 e. The van der Waals surface area contributed by atoms with Crippen LogP contribution in [-0.2, 0) is 19.6 Å². The first-order valence-corrected chi connectivity index (χ1v) is 9.26. The predicted octanol–water partition coefficient (Wildman–Crippen LogP) is 2.84. The third-order valence-corrected chi connectivity index (χ3v) is 5.52. The maximum absolute atomic E-state index is 13.2. The van der Waals surface area contributed by atoms with E-state index in [4.69, 9.17) is 9.47 Å². The zero-order valence-electron chi connectivity index (χ0n) is 14.4. The van der Waals surface area contributed by atoms with Crippen LogP contribution in [-0.4, -0.2) is 34.1 Å². The van der Waals surface area contributed by atoms with Crippen molar-refractivity contribution < 1.29 is 22.7 Å². The van der Waals surface area contributed by atoms with Crippen molar-refractivity contribution in [2.75, 3.05) is 18.0 Å². The van der Waals surface area contributed by atoms with Crippen LogP contribution in [0.4, 0.5) is 5.69 Å². The number of carbonyl (C=O) groups is 1. The van der Waals surface area contributed by atoms with Gasteiger partial charge in [0.15, 0.2) is 0 Å². The molecule has 0 spiro atoms. The van der Waals surface area contributed by atoms with E-state index in [1.807, 2.05) is 0 Å². The van der Waals surface area contributed by atoms with Crippen LogP contribution in [0.5, 0.6) is 5.75 Å². The van der Waals surface area contributed by atoms with E-state index in [1.54, 1.807) is 49.4 Å². The fourth-order valence-corrected chi connectivity index (χ4v) is 3.97. The van der Waals surface area contributed by atoms with Crippen molar-refractivity contribution in [1.82, 2.24) is 0 Å². The lowest BCUT2D eigenvalue weighted by Crippen LogP contribution is -2.44. The van der Waals surface area contributed by atoms with E-state index in [-0.39, 0.29) is 11.5 Å². The molecule has 0 N–H and O–H groups in total. The molecule has 0 aliphatic carbocycles. The van der Waals surface area contributed by atoms with Crippen molar-refractivity contribution in [3.8, 4) is 5.75 Å². The lowest BCUT2D eigenvalue weighted by Gasteiger charge is -2.29. The fraction of sp³-hybridized carbons (Fsp3) is 0.278. The first-order valence-electron chi connectivity index (χ1n) is 7.82. The molecule has 134 valence electrons. The standard InChI is InChI=1S/C18H21NO5S/c1-4-24-18(20)14(2)19(15-8-6-5-7-9-15)25(21,22)17-12-10-16(23-3)11-13-17/h5-14H,4H2,1-3H3/t14-/m0/s1. The summed E-state index contributed by atoms with van der Waals surface area (Å²) in [6.07, 6.45) is 0. The van der Waals surface area contributed by atoms with Gasteiger partial charge in [-0.2, -0.15) is 0 Å². The number of anilines is 1. The molecule has 6 nitrogen and oxygen atoms in total. The lowest BCUT2D eigenvalue weighted by molar-refractivity contribution is -0.144. The predicted molar refractivity (Wildman–Crippen MR) is 95.2 cm³/mol. The van der Waals surface area contributed by atoms with Gasteiger partial charge >= 0.3 is 5.97 Å². The molecular formula is C18H21NO5S. The second kappa shape index (κ2) is 8.02. The molecule has 1 atom stereocenters. The summed E-state index contributed by atoms with van der Waals surface area (Å²) in [5.74, 6) is -0.0629. The molecule has 0 aromatic heterocycles. The number of rotatable bonds is 7. The molecule has 7 heteroatoms. The Balaban J connectivity index is 2.51. The van der Waals surface area contributed by atoms with E-state index in [0.717, 1.165) is 4.31 Å². The Labute approximate surface area is 148 Å². The third-order valence-electron chi connectivity index (χ3n) is 3.61. The Morgan fingerprint density at radius 2 is 1.68 bits per heavy atom. The zero-order chi connectivity index (χ0) is 18.4. The van der Waals surface area contributed by atoms with E-state index < -0.39 is 22.0 Å².